The predicted molar refractivity (Wildman–Crippen MR) is 34.8 cm³/mol. The Kier molecular flexibility index (Phi) is 0.0716. The van der Waals surface area contributed by atoms with Crippen molar-refractivity contribution in [2.24, 2.45) is 0 Å². The van der Waals surface area contributed by atoms with Gasteiger partial charge in [0.15, 0.2) is 0 Å². The van der Waals surface area contributed by atoms with Crippen molar-refractivity contribution in [3.8, 4) is 0 Å². The molecule has 0 unspecified atom stereocenters. The Morgan fingerprint density at radius 2 is 0.375 bits per heavy atom. The second-order valence-electron chi connectivity index (χ2n) is 3.00. The summed E-state index contributed by atoms with van der Waals surface area (Å²) in [6.45, 7) is 0. The van der Waals surface area contributed by atoms with E-state index < -0.39 is 0 Å². The van der Waals surface area contributed by atoms with Crippen LogP contribution in [0.3, 0.4) is 0 Å². The van der Waals surface area contributed by atoms with Gasteiger partial charge in [0.2, 0.25) is 0 Å². The quantitative estimate of drug-likeness (QED) is 0.277. The van der Waals surface area contributed by atoms with E-state index in [1.165, 1.54) is 0 Å². The first-order chi connectivity index (χ1) is 4.00. The summed E-state index contributed by atoms with van der Waals surface area (Å²) in [6, 6.07) is 0. The number of hydrogen-bond acceptors (Lipinski definition) is 0. The molecule has 0 saturated heterocycles. The van der Waals surface area contributed by atoms with E-state index in [1.54, 1.807) is 43.1 Å². The zero-order chi connectivity index (χ0) is 4.62. The predicted octanol–water partition coefficient (Wildman–Crippen LogP) is 2.36. The maximum absolute atomic E-state index is 1.67. The lowest BCUT2D eigenvalue weighted by atomic mass is 9.56. The van der Waals surface area contributed by atoms with E-state index in [-0.39, 0.29) is 0 Å². The van der Waals surface area contributed by atoms with Gasteiger partial charge in [0.05, 0.1) is 0 Å². The van der Waals surface area contributed by atoms with Crippen LogP contribution in [0.15, 0.2) is 0 Å². The summed E-state index contributed by atoms with van der Waals surface area (Å²) in [5, 5.41) is 13.3. The van der Waals surface area contributed by atoms with E-state index >= 15 is 0 Å². The van der Waals surface area contributed by atoms with E-state index in [9.17, 15) is 0 Å². The molecule has 0 heteroatoms. The molecular formula is C8. The summed E-state index contributed by atoms with van der Waals surface area (Å²) in [7, 11) is 0. The van der Waals surface area contributed by atoms with E-state index in [0.29, 0.717) is 0 Å². The van der Waals surface area contributed by atoms with Gasteiger partial charge >= 0.3 is 0 Å². The van der Waals surface area contributed by atoms with Crippen molar-refractivity contribution >= 4 is 43.1 Å². The highest BCUT2D eigenvalue weighted by Crippen LogP contribution is 2.75. The van der Waals surface area contributed by atoms with Crippen LogP contribution in [0.2, 0.25) is 0 Å². The van der Waals surface area contributed by atoms with Gasteiger partial charge < -0.3 is 0 Å². The molecule has 6 aromatic carbocycles. The molecule has 0 aliphatic carbocycles. The maximum atomic E-state index is 1.67. The molecule has 0 aliphatic rings. The molecule has 0 N–H and O–H groups in total. The minimum atomic E-state index is 1.67. The molecule has 8 heavy (non-hydrogen) atoms. The third-order valence-electron chi connectivity index (χ3n) is 3.00. The second-order valence-corrected chi connectivity index (χ2v) is 3.00. The number of rotatable bonds is 0. The Morgan fingerprint density at radius 3 is 0.500 bits per heavy atom. The van der Waals surface area contributed by atoms with Crippen LogP contribution in [-0.2, 0) is 0 Å². The molecule has 0 amide bonds. The fourth-order valence-electron chi connectivity index (χ4n) is 2.62. The molecule has 6 rings (SSSR count). The minimum absolute atomic E-state index is 1.67. The lowest BCUT2D eigenvalue weighted by molar-refractivity contribution is 1.90. The van der Waals surface area contributed by atoms with E-state index in [2.05, 4.69) is 0 Å². The van der Waals surface area contributed by atoms with Crippen molar-refractivity contribution < 1.29 is 0 Å². The molecule has 0 aliphatic heterocycles. The normalized spacial score (nSPS) is 18.0. The van der Waals surface area contributed by atoms with Crippen LogP contribution < -0.4 is 0 Å². The highest BCUT2D eigenvalue weighted by Gasteiger charge is 2.45. The van der Waals surface area contributed by atoms with Gasteiger partial charge in [-0.2, -0.15) is 0 Å². The van der Waals surface area contributed by atoms with Gasteiger partial charge in [-0.15, -0.1) is 0 Å². The third kappa shape index (κ3) is 0.0353. The lowest BCUT2D eigenvalue weighted by Crippen LogP contribution is -2.15. The molecular weight excluding hydrogens is 96.1 g/mol. The van der Waals surface area contributed by atoms with Gasteiger partial charge in [-0.05, 0) is 0 Å². The second kappa shape index (κ2) is 0.278. The van der Waals surface area contributed by atoms with Gasteiger partial charge in [0, 0.05) is 43.1 Å². The fraction of sp³-hybridized carbons (Fsp3) is 0. The zero-order valence-corrected chi connectivity index (χ0v) is 4.00. The summed E-state index contributed by atoms with van der Waals surface area (Å²) in [5.41, 5.74) is 0. The molecule has 0 aromatic heterocycles. The highest BCUT2D eigenvalue weighted by atomic mass is 14.5. The first-order valence-electron chi connectivity index (χ1n) is 3.00. The van der Waals surface area contributed by atoms with Crippen LogP contribution in [0.5, 0.6) is 0 Å². The monoisotopic (exact) mass is 96.0 g/mol. The van der Waals surface area contributed by atoms with Crippen LogP contribution in [0, 0.1) is 0 Å². The summed E-state index contributed by atoms with van der Waals surface area (Å²) in [4.78, 5) is 0. The fourth-order valence-corrected chi connectivity index (χ4v) is 2.62. The van der Waals surface area contributed by atoms with Gasteiger partial charge in [-0.1, -0.05) is 0 Å². The van der Waals surface area contributed by atoms with E-state index in [4.69, 9.17) is 0 Å². The molecule has 0 heterocycles. The smallest absolute Gasteiger partial charge is 0 e. The Hall–Kier alpha value is -1.04. The average Bonchev–Trinajstić information content (AvgIpc) is 1.90. The van der Waals surface area contributed by atoms with Gasteiger partial charge in [0.25, 0.3) is 0 Å². The van der Waals surface area contributed by atoms with Crippen molar-refractivity contribution in [3.63, 3.8) is 0 Å². The van der Waals surface area contributed by atoms with Crippen LogP contribution in [0.25, 0.3) is 43.1 Å². The van der Waals surface area contributed by atoms with E-state index in [0.717, 1.165) is 0 Å². The van der Waals surface area contributed by atoms with Crippen molar-refractivity contribution in [2.75, 3.05) is 0 Å². The maximum Gasteiger partial charge on any atom is 0 e. The van der Waals surface area contributed by atoms with E-state index in [1.807, 2.05) is 0 Å². The lowest BCUT2D eigenvalue weighted by Gasteiger charge is -2.45. The standard InChI is InChI=1S/C8/c1-2-5-3(1)7-4(1)6(2)8(5)7. The molecule has 0 saturated carbocycles. The molecule has 0 radical (unpaired) electrons. The Labute approximate surface area is 44.0 Å². The van der Waals surface area contributed by atoms with Crippen LogP contribution in [0.1, 0.15) is 0 Å². The largest absolute Gasteiger partial charge is 0 e. The summed E-state index contributed by atoms with van der Waals surface area (Å²) in [6.07, 6.45) is 0. The third-order valence-corrected chi connectivity index (χ3v) is 3.00. The number of benzene rings is 16. The summed E-state index contributed by atoms with van der Waals surface area (Å²) in [5.74, 6) is 0. The molecule has 0 atom stereocenters. The zero-order valence-electron chi connectivity index (χ0n) is 4.00. The van der Waals surface area contributed by atoms with Gasteiger partial charge in [0.1, 0.15) is 0 Å². The molecule has 0 nitrogen and oxygen atoms in total. The summed E-state index contributed by atoms with van der Waals surface area (Å²) >= 11 is 0. The SMILES string of the molecule is c12c3c4c1c1c2c3c41. The van der Waals surface area contributed by atoms with Crippen LogP contribution >= 0.6 is 0 Å². The first-order valence-corrected chi connectivity index (χ1v) is 3.00. The minimum Gasteiger partial charge on any atom is 0 e. The Balaban J connectivity index is 3.00. The molecule has 0 spiro atoms. The van der Waals surface area contributed by atoms with Gasteiger partial charge in [-0.3, -0.25) is 0 Å². The molecule has 0 fully saturated rings. The van der Waals surface area contributed by atoms with Crippen molar-refractivity contribution in [1.82, 2.24) is 0 Å². The molecule has 0 bridgehead atoms. The van der Waals surface area contributed by atoms with Crippen LogP contribution in [0.4, 0.5) is 0 Å². The highest BCUT2D eigenvalue weighted by molar-refractivity contribution is 6.80. The van der Waals surface area contributed by atoms with Crippen molar-refractivity contribution in [2.45, 2.75) is 0 Å². The molecule has 32 valence electrons. The summed E-state index contributed by atoms with van der Waals surface area (Å²) < 4.78 is 0. The molecule has 6 aromatic rings. The van der Waals surface area contributed by atoms with Crippen molar-refractivity contribution in [3.05, 3.63) is 0 Å². The van der Waals surface area contributed by atoms with Crippen LogP contribution in [-0.4, -0.2) is 0 Å². The first kappa shape index (κ1) is 2.06. The van der Waals surface area contributed by atoms with Crippen molar-refractivity contribution in [1.29, 1.82) is 0 Å². The topological polar surface area (TPSA) is 0 Å². The number of hydrogen-bond donors (Lipinski definition) is 0. The average molecular weight is 96.1 g/mol. The van der Waals surface area contributed by atoms with Gasteiger partial charge in [-0.25, -0.2) is 0 Å². The Morgan fingerprint density at radius 1 is 0.250 bits per heavy atom. The Bertz CT molecular complexity index is 366.